The second-order valence-electron chi connectivity index (χ2n) is 3.93. The molecule has 1 unspecified atom stereocenters. The molecule has 0 saturated carbocycles. The van der Waals surface area contributed by atoms with Gasteiger partial charge in [-0.2, -0.15) is 0 Å². The second kappa shape index (κ2) is 6.49. The molecule has 0 spiro atoms. The monoisotopic (exact) mass is 317 g/mol. The molecule has 0 saturated heterocycles. The zero-order valence-corrected chi connectivity index (χ0v) is 11.3. The predicted molar refractivity (Wildman–Crippen MR) is 67.9 cm³/mol. The van der Waals surface area contributed by atoms with Crippen molar-refractivity contribution in [3.8, 4) is 0 Å². The maximum absolute atomic E-state index is 13.5. The first-order valence-electron chi connectivity index (χ1n) is 5.38. The minimum absolute atomic E-state index is 0.0374. The van der Waals surface area contributed by atoms with Crippen LogP contribution in [-0.2, 0) is 4.79 Å². The van der Waals surface area contributed by atoms with Crippen molar-refractivity contribution in [2.75, 3.05) is 0 Å². The smallest absolute Gasteiger partial charge is 0.303 e. The lowest BCUT2D eigenvalue weighted by Gasteiger charge is -2.13. The van der Waals surface area contributed by atoms with Crippen molar-refractivity contribution < 1.29 is 19.1 Å². The second-order valence-corrected chi connectivity index (χ2v) is 4.85. The van der Waals surface area contributed by atoms with Crippen LogP contribution in [0.4, 0.5) is 4.39 Å². The van der Waals surface area contributed by atoms with E-state index in [1.165, 1.54) is 12.1 Å². The van der Waals surface area contributed by atoms with E-state index in [1.807, 2.05) is 0 Å². The Morgan fingerprint density at radius 3 is 2.72 bits per heavy atom. The van der Waals surface area contributed by atoms with E-state index < -0.39 is 17.7 Å². The molecule has 0 radical (unpaired) electrons. The number of hydrogen-bond donors (Lipinski definition) is 2. The number of rotatable bonds is 5. The van der Waals surface area contributed by atoms with Crippen molar-refractivity contribution in [1.82, 2.24) is 5.32 Å². The average molecular weight is 318 g/mol. The summed E-state index contributed by atoms with van der Waals surface area (Å²) in [6.45, 7) is 1.68. The lowest BCUT2D eigenvalue weighted by atomic mass is 10.1. The fourth-order valence-electron chi connectivity index (χ4n) is 1.39. The highest BCUT2D eigenvalue weighted by Gasteiger charge is 2.14. The van der Waals surface area contributed by atoms with E-state index in [2.05, 4.69) is 21.2 Å². The number of nitrogens with one attached hydrogen (secondary N) is 1. The van der Waals surface area contributed by atoms with Crippen LogP contribution in [0.2, 0.25) is 0 Å². The van der Waals surface area contributed by atoms with Gasteiger partial charge in [0.15, 0.2) is 0 Å². The molecule has 18 heavy (non-hydrogen) atoms. The van der Waals surface area contributed by atoms with Crippen molar-refractivity contribution in [1.29, 1.82) is 0 Å². The van der Waals surface area contributed by atoms with Gasteiger partial charge >= 0.3 is 5.97 Å². The molecule has 2 N–H and O–H groups in total. The summed E-state index contributed by atoms with van der Waals surface area (Å²) in [5.41, 5.74) is -0.0552. The Hall–Kier alpha value is -1.43. The van der Waals surface area contributed by atoms with Gasteiger partial charge in [0.1, 0.15) is 5.82 Å². The molecule has 1 atom stereocenters. The molecule has 0 aliphatic rings. The van der Waals surface area contributed by atoms with Gasteiger partial charge in [0, 0.05) is 16.9 Å². The van der Waals surface area contributed by atoms with Crippen molar-refractivity contribution in [3.63, 3.8) is 0 Å². The van der Waals surface area contributed by atoms with Gasteiger partial charge in [0.25, 0.3) is 5.91 Å². The Balaban J connectivity index is 2.62. The van der Waals surface area contributed by atoms with Crippen LogP contribution < -0.4 is 5.32 Å². The Morgan fingerprint density at radius 2 is 2.17 bits per heavy atom. The summed E-state index contributed by atoms with van der Waals surface area (Å²) >= 11 is 3.10. The topological polar surface area (TPSA) is 66.4 Å². The molecular formula is C12H13BrFNO3. The lowest BCUT2D eigenvalue weighted by molar-refractivity contribution is -0.137. The lowest BCUT2D eigenvalue weighted by Crippen LogP contribution is -2.33. The number of carboxylic acid groups (broad SMARTS) is 1. The van der Waals surface area contributed by atoms with Gasteiger partial charge in [-0.3, -0.25) is 9.59 Å². The van der Waals surface area contributed by atoms with E-state index in [9.17, 15) is 14.0 Å². The molecule has 1 aromatic rings. The quantitative estimate of drug-likeness (QED) is 0.877. The van der Waals surface area contributed by atoms with Gasteiger partial charge in [0.05, 0.1) is 5.56 Å². The minimum atomic E-state index is -0.925. The van der Waals surface area contributed by atoms with Gasteiger partial charge in [0.2, 0.25) is 0 Å². The SMILES string of the molecule is CC(CCC(=O)O)NC(=O)c1ccc(Br)cc1F. The molecule has 1 rings (SSSR count). The average Bonchev–Trinajstić information content (AvgIpc) is 2.26. The summed E-state index contributed by atoms with van der Waals surface area (Å²) < 4.78 is 14.0. The first-order chi connectivity index (χ1) is 8.40. The van der Waals surface area contributed by atoms with E-state index in [0.717, 1.165) is 0 Å². The highest BCUT2D eigenvalue weighted by atomic mass is 79.9. The van der Waals surface area contributed by atoms with Crippen LogP contribution in [0, 0.1) is 5.82 Å². The molecule has 0 aliphatic carbocycles. The summed E-state index contributed by atoms with van der Waals surface area (Å²) in [6.07, 6.45) is 0.267. The number of carbonyl (C=O) groups is 2. The van der Waals surface area contributed by atoms with Gasteiger partial charge in [-0.25, -0.2) is 4.39 Å². The van der Waals surface area contributed by atoms with E-state index in [4.69, 9.17) is 5.11 Å². The van der Waals surface area contributed by atoms with E-state index in [-0.39, 0.29) is 18.0 Å². The molecule has 0 fully saturated rings. The van der Waals surface area contributed by atoms with E-state index in [1.54, 1.807) is 13.0 Å². The maximum atomic E-state index is 13.5. The summed E-state index contributed by atoms with van der Waals surface area (Å²) in [7, 11) is 0. The number of hydrogen-bond acceptors (Lipinski definition) is 2. The van der Waals surface area contributed by atoms with Crippen molar-refractivity contribution in [2.45, 2.75) is 25.8 Å². The third-order valence-electron chi connectivity index (χ3n) is 2.34. The van der Waals surface area contributed by atoms with Crippen molar-refractivity contribution in [2.24, 2.45) is 0 Å². The third-order valence-corrected chi connectivity index (χ3v) is 2.84. The Bertz CT molecular complexity index is 465. The zero-order chi connectivity index (χ0) is 13.7. The summed E-state index contributed by atoms with van der Waals surface area (Å²) in [4.78, 5) is 22.1. The highest BCUT2D eigenvalue weighted by Crippen LogP contribution is 2.15. The maximum Gasteiger partial charge on any atom is 0.303 e. The van der Waals surface area contributed by atoms with Crippen molar-refractivity contribution >= 4 is 27.8 Å². The number of carboxylic acids is 1. The first kappa shape index (κ1) is 14.6. The number of amides is 1. The standard InChI is InChI=1S/C12H13BrFNO3/c1-7(2-5-11(16)17)15-12(18)9-4-3-8(13)6-10(9)14/h3-4,6-7H,2,5H2,1H3,(H,15,18)(H,16,17). The Morgan fingerprint density at radius 1 is 1.50 bits per heavy atom. The molecule has 0 aromatic heterocycles. The van der Waals surface area contributed by atoms with Crippen LogP contribution in [0.3, 0.4) is 0 Å². The molecule has 0 bridgehead atoms. The van der Waals surface area contributed by atoms with E-state index in [0.29, 0.717) is 10.9 Å². The van der Waals surface area contributed by atoms with Crippen LogP contribution in [0.25, 0.3) is 0 Å². The third kappa shape index (κ3) is 4.44. The molecule has 0 aliphatic heterocycles. The summed E-state index contributed by atoms with van der Waals surface area (Å²) in [5.74, 6) is -2.09. The van der Waals surface area contributed by atoms with Crippen LogP contribution in [0.1, 0.15) is 30.1 Å². The largest absolute Gasteiger partial charge is 0.481 e. The number of aliphatic carboxylic acids is 1. The molecule has 1 aromatic carbocycles. The normalized spacial score (nSPS) is 11.9. The van der Waals surface area contributed by atoms with Crippen molar-refractivity contribution in [3.05, 3.63) is 34.1 Å². The van der Waals surface area contributed by atoms with Crippen LogP contribution in [-0.4, -0.2) is 23.0 Å². The Kier molecular flexibility index (Phi) is 5.27. The number of benzene rings is 1. The van der Waals surface area contributed by atoms with Gasteiger partial charge in [-0.05, 0) is 31.5 Å². The van der Waals surface area contributed by atoms with Gasteiger partial charge in [-0.15, -0.1) is 0 Å². The zero-order valence-electron chi connectivity index (χ0n) is 9.74. The first-order valence-corrected chi connectivity index (χ1v) is 6.17. The van der Waals surface area contributed by atoms with Crippen LogP contribution in [0.15, 0.2) is 22.7 Å². The van der Waals surface area contributed by atoms with Gasteiger partial charge in [-0.1, -0.05) is 15.9 Å². The molecule has 98 valence electrons. The molecule has 1 amide bonds. The predicted octanol–water partition coefficient (Wildman–Crippen LogP) is 2.57. The minimum Gasteiger partial charge on any atom is -0.481 e. The Labute approximate surface area is 112 Å². The summed E-state index contributed by atoms with van der Waals surface area (Å²) in [5, 5.41) is 11.1. The molecular weight excluding hydrogens is 305 g/mol. The fourth-order valence-corrected chi connectivity index (χ4v) is 1.72. The van der Waals surface area contributed by atoms with Crippen LogP contribution in [0.5, 0.6) is 0 Å². The highest BCUT2D eigenvalue weighted by molar-refractivity contribution is 9.10. The molecule has 6 heteroatoms. The summed E-state index contributed by atoms with van der Waals surface area (Å²) in [6, 6.07) is 3.83. The van der Waals surface area contributed by atoms with E-state index >= 15 is 0 Å². The molecule has 4 nitrogen and oxygen atoms in total. The number of halogens is 2. The molecule has 0 heterocycles. The van der Waals surface area contributed by atoms with Crippen LogP contribution >= 0.6 is 15.9 Å². The van der Waals surface area contributed by atoms with Gasteiger partial charge < -0.3 is 10.4 Å². The number of carbonyl (C=O) groups excluding carboxylic acids is 1. The fraction of sp³-hybridized carbons (Fsp3) is 0.333.